The highest BCUT2D eigenvalue weighted by atomic mass is 32.2. The van der Waals surface area contributed by atoms with E-state index in [2.05, 4.69) is 10.3 Å². The standard InChI is InChI=1S/C16H21N3O3S2/c1-12-4-6-15(7-5-12)24(21,22)19(3)10-16(20)17-9-8-14-11-23-13(2)18-14/h4-7,11H,8-10H2,1-3H3,(H,17,20). The summed E-state index contributed by atoms with van der Waals surface area (Å²) in [5, 5.41) is 5.66. The molecule has 1 heterocycles. The van der Waals surface area contributed by atoms with Gasteiger partial charge in [0, 0.05) is 25.4 Å². The Bertz CT molecular complexity index is 798. The van der Waals surface area contributed by atoms with Crippen LogP contribution in [-0.4, -0.2) is 43.8 Å². The van der Waals surface area contributed by atoms with Crippen LogP contribution >= 0.6 is 11.3 Å². The molecule has 0 atom stereocenters. The lowest BCUT2D eigenvalue weighted by Gasteiger charge is -2.17. The molecule has 1 aromatic carbocycles. The van der Waals surface area contributed by atoms with E-state index < -0.39 is 10.0 Å². The molecule has 2 aromatic rings. The number of rotatable bonds is 7. The zero-order chi connectivity index (χ0) is 17.7. The topological polar surface area (TPSA) is 79.4 Å². The third kappa shape index (κ3) is 4.86. The number of thiazole rings is 1. The average Bonchev–Trinajstić information content (AvgIpc) is 2.93. The molecule has 0 radical (unpaired) electrons. The van der Waals surface area contributed by atoms with E-state index in [0.717, 1.165) is 20.6 Å². The summed E-state index contributed by atoms with van der Waals surface area (Å²) in [5.41, 5.74) is 1.91. The highest BCUT2D eigenvalue weighted by Gasteiger charge is 2.22. The van der Waals surface area contributed by atoms with Gasteiger partial charge in [-0.15, -0.1) is 11.3 Å². The maximum Gasteiger partial charge on any atom is 0.243 e. The van der Waals surface area contributed by atoms with E-state index in [0.29, 0.717) is 13.0 Å². The fourth-order valence-electron chi connectivity index (χ4n) is 2.09. The summed E-state index contributed by atoms with van der Waals surface area (Å²) in [5.74, 6) is -0.333. The van der Waals surface area contributed by atoms with Crippen LogP contribution in [0.15, 0.2) is 34.5 Å². The third-order valence-electron chi connectivity index (χ3n) is 3.47. The molecule has 24 heavy (non-hydrogen) atoms. The molecule has 0 bridgehead atoms. The second-order valence-corrected chi connectivity index (χ2v) is 8.64. The van der Waals surface area contributed by atoms with Gasteiger partial charge in [0.25, 0.3) is 0 Å². The van der Waals surface area contributed by atoms with Gasteiger partial charge in [0.05, 0.1) is 22.1 Å². The van der Waals surface area contributed by atoms with Crippen LogP contribution < -0.4 is 5.32 Å². The Hall–Kier alpha value is -1.77. The van der Waals surface area contributed by atoms with Gasteiger partial charge in [-0.05, 0) is 26.0 Å². The van der Waals surface area contributed by atoms with E-state index in [1.807, 2.05) is 19.2 Å². The Morgan fingerprint density at radius 3 is 2.50 bits per heavy atom. The van der Waals surface area contributed by atoms with Crippen molar-refractivity contribution in [3.8, 4) is 0 Å². The second-order valence-electron chi connectivity index (χ2n) is 5.53. The van der Waals surface area contributed by atoms with Gasteiger partial charge < -0.3 is 5.32 Å². The number of carbonyl (C=O) groups is 1. The smallest absolute Gasteiger partial charge is 0.243 e. The molecule has 0 saturated heterocycles. The molecule has 0 fully saturated rings. The molecule has 1 amide bonds. The van der Waals surface area contributed by atoms with Crippen LogP contribution in [0.5, 0.6) is 0 Å². The first-order chi connectivity index (χ1) is 11.3. The summed E-state index contributed by atoms with van der Waals surface area (Å²) in [7, 11) is -2.26. The van der Waals surface area contributed by atoms with E-state index >= 15 is 0 Å². The molecule has 0 aliphatic rings. The van der Waals surface area contributed by atoms with Crippen LogP contribution in [0.3, 0.4) is 0 Å². The molecule has 0 unspecified atom stereocenters. The Morgan fingerprint density at radius 1 is 1.25 bits per heavy atom. The number of aromatic nitrogens is 1. The quantitative estimate of drug-likeness (QED) is 0.808. The largest absolute Gasteiger partial charge is 0.355 e. The molecule has 0 aliphatic heterocycles. The molecule has 2 rings (SSSR count). The fourth-order valence-corrected chi connectivity index (χ4v) is 3.86. The van der Waals surface area contributed by atoms with E-state index in [9.17, 15) is 13.2 Å². The van der Waals surface area contributed by atoms with Crippen molar-refractivity contribution >= 4 is 27.3 Å². The van der Waals surface area contributed by atoms with Gasteiger partial charge in [-0.25, -0.2) is 13.4 Å². The Morgan fingerprint density at radius 2 is 1.92 bits per heavy atom. The predicted molar refractivity (Wildman–Crippen MR) is 94.6 cm³/mol. The monoisotopic (exact) mass is 367 g/mol. The maximum absolute atomic E-state index is 12.4. The minimum Gasteiger partial charge on any atom is -0.355 e. The van der Waals surface area contributed by atoms with Crippen molar-refractivity contribution in [1.82, 2.24) is 14.6 Å². The predicted octanol–water partition coefficient (Wildman–Crippen LogP) is 1.74. The highest BCUT2D eigenvalue weighted by Crippen LogP contribution is 2.14. The number of nitrogens with one attached hydrogen (secondary N) is 1. The Balaban J connectivity index is 1.87. The number of carbonyl (C=O) groups excluding carboxylic acids is 1. The number of aryl methyl sites for hydroxylation is 2. The lowest BCUT2D eigenvalue weighted by molar-refractivity contribution is -0.121. The summed E-state index contributed by atoms with van der Waals surface area (Å²) in [6.45, 7) is 4.03. The molecule has 0 saturated carbocycles. The lowest BCUT2D eigenvalue weighted by atomic mass is 10.2. The van der Waals surface area contributed by atoms with Crippen molar-refractivity contribution in [3.63, 3.8) is 0 Å². The number of nitrogens with zero attached hydrogens (tertiary/aromatic N) is 2. The molecule has 0 spiro atoms. The summed E-state index contributed by atoms with van der Waals surface area (Å²) in [6.07, 6.45) is 0.629. The van der Waals surface area contributed by atoms with Gasteiger partial charge in [-0.3, -0.25) is 4.79 Å². The third-order valence-corrected chi connectivity index (χ3v) is 6.11. The van der Waals surface area contributed by atoms with Gasteiger partial charge in [0.1, 0.15) is 0 Å². The lowest BCUT2D eigenvalue weighted by Crippen LogP contribution is -2.39. The van der Waals surface area contributed by atoms with Gasteiger partial charge in [-0.2, -0.15) is 4.31 Å². The van der Waals surface area contributed by atoms with Gasteiger partial charge in [0.15, 0.2) is 0 Å². The van der Waals surface area contributed by atoms with Crippen LogP contribution in [0, 0.1) is 13.8 Å². The first-order valence-corrected chi connectivity index (χ1v) is 9.82. The van der Waals surface area contributed by atoms with Gasteiger partial charge >= 0.3 is 0 Å². The van der Waals surface area contributed by atoms with Crippen molar-refractivity contribution in [2.45, 2.75) is 25.2 Å². The van der Waals surface area contributed by atoms with Crippen molar-refractivity contribution in [1.29, 1.82) is 0 Å². The normalized spacial score (nSPS) is 11.7. The molecule has 1 N–H and O–H groups in total. The first-order valence-electron chi connectivity index (χ1n) is 7.50. The van der Waals surface area contributed by atoms with Crippen LogP contribution in [0.4, 0.5) is 0 Å². The summed E-state index contributed by atoms with van der Waals surface area (Å²) in [4.78, 5) is 16.4. The Labute approximate surface area is 146 Å². The molecule has 6 nitrogen and oxygen atoms in total. The summed E-state index contributed by atoms with van der Waals surface area (Å²) in [6, 6.07) is 6.56. The summed E-state index contributed by atoms with van der Waals surface area (Å²) < 4.78 is 25.9. The minimum atomic E-state index is -3.66. The van der Waals surface area contributed by atoms with Gasteiger partial charge in [-0.1, -0.05) is 17.7 Å². The van der Waals surface area contributed by atoms with E-state index in [1.54, 1.807) is 35.6 Å². The molecule has 8 heteroatoms. The highest BCUT2D eigenvalue weighted by molar-refractivity contribution is 7.89. The maximum atomic E-state index is 12.4. The van der Waals surface area contributed by atoms with Crippen molar-refractivity contribution in [2.24, 2.45) is 0 Å². The van der Waals surface area contributed by atoms with Crippen molar-refractivity contribution in [2.75, 3.05) is 20.1 Å². The van der Waals surface area contributed by atoms with E-state index in [4.69, 9.17) is 0 Å². The van der Waals surface area contributed by atoms with Crippen molar-refractivity contribution in [3.05, 3.63) is 45.9 Å². The number of likely N-dealkylation sites (N-methyl/N-ethyl adjacent to an activating group) is 1. The Kier molecular flexibility index (Phi) is 6.09. The minimum absolute atomic E-state index is 0.182. The SMILES string of the molecule is Cc1ccc(S(=O)(=O)N(C)CC(=O)NCCc2csc(C)n2)cc1. The number of sulfonamides is 1. The van der Waals surface area contributed by atoms with Crippen LogP contribution in [-0.2, 0) is 21.2 Å². The summed E-state index contributed by atoms with van der Waals surface area (Å²) >= 11 is 1.56. The molecule has 0 aliphatic carbocycles. The van der Waals surface area contributed by atoms with Crippen LogP contribution in [0.1, 0.15) is 16.3 Å². The number of amides is 1. The molecule has 1 aromatic heterocycles. The molecular formula is C16H21N3O3S2. The zero-order valence-corrected chi connectivity index (χ0v) is 15.6. The zero-order valence-electron chi connectivity index (χ0n) is 13.9. The van der Waals surface area contributed by atoms with Gasteiger partial charge in [0.2, 0.25) is 15.9 Å². The number of benzene rings is 1. The molecule has 130 valence electrons. The number of hydrogen-bond acceptors (Lipinski definition) is 5. The number of hydrogen-bond donors (Lipinski definition) is 1. The second kappa shape index (κ2) is 7.87. The van der Waals surface area contributed by atoms with E-state index in [-0.39, 0.29) is 17.3 Å². The van der Waals surface area contributed by atoms with E-state index in [1.165, 1.54) is 7.05 Å². The van der Waals surface area contributed by atoms with Crippen LogP contribution in [0.2, 0.25) is 0 Å². The average molecular weight is 367 g/mol. The van der Waals surface area contributed by atoms with Crippen LogP contribution in [0.25, 0.3) is 0 Å². The van der Waals surface area contributed by atoms with Crippen molar-refractivity contribution < 1.29 is 13.2 Å². The first kappa shape index (κ1) is 18.6. The molecular weight excluding hydrogens is 346 g/mol. The fraction of sp³-hybridized carbons (Fsp3) is 0.375.